The summed E-state index contributed by atoms with van der Waals surface area (Å²) in [7, 11) is 0. The number of carbonyl (C=O) groups is 1. The number of carboxylic acid groups (broad SMARTS) is 1. The van der Waals surface area contributed by atoms with Gasteiger partial charge in [-0.3, -0.25) is 4.79 Å². The molecular weight excluding hydrogens is 372 g/mol. The van der Waals surface area contributed by atoms with Gasteiger partial charge in [-0.25, -0.2) is 0 Å². The molecule has 0 saturated carbocycles. The number of rotatable bonds is 23. The van der Waals surface area contributed by atoms with Crippen LogP contribution in [-0.2, 0) is 9.53 Å². The lowest BCUT2D eigenvalue weighted by atomic mass is 10.0. The Morgan fingerprint density at radius 1 is 0.600 bits per heavy atom. The molecule has 176 valence electrons. The highest BCUT2D eigenvalue weighted by molar-refractivity contribution is 5.66. The Kier molecular flexibility index (Phi) is 19.4. The minimum Gasteiger partial charge on any atom is -0.481 e. The van der Waals surface area contributed by atoms with Gasteiger partial charge in [-0.05, 0) is 24.8 Å². The average molecular weight is 423 g/mol. The predicted molar refractivity (Wildman–Crippen MR) is 128 cm³/mol. The molecule has 0 atom stereocenters. The first-order chi connectivity index (χ1) is 14.8. The van der Waals surface area contributed by atoms with E-state index in [-0.39, 0.29) is 0 Å². The van der Waals surface area contributed by atoms with E-state index in [2.05, 4.69) is 6.08 Å². The largest absolute Gasteiger partial charge is 0.481 e. The zero-order chi connectivity index (χ0) is 21.5. The van der Waals surface area contributed by atoms with Gasteiger partial charge in [0.2, 0.25) is 0 Å². The van der Waals surface area contributed by atoms with Gasteiger partial charge in [-0.15, -0.1) is 0 Å². The zero-order valence-corrected chi connectivity index (χ0v) is 19.8. The lowest BCUT2D eigenvalue weighted by Gasteiger charge is -2.17. The third kappa shape index (κ3) is 19.2. The highest BCUT2D eigenvalue weighted by atomic mass is 16.5. The van der Waals surface area contributed by atoms with Crippen molar-refractivity contribution >= 4 is 5.97 Å². The van der Waals surface area contributed by atoms with Crippen LogP contribution in [0.5, 0.6) is 0 Å². The topological polar surface area (TPSA) is 46.5 Å². The van der Waals surface area contributed by atoms with Crippen LogP contribution in [0.25, 0.3) is 0 Å². The van der Waals surface area contributed by atoms with E-state index >= 15 is 0 Å². The van der Waals surface area contributed by atoms with E-state index in [4.69, 9.17) is 9.84 Å². The number of unbranched alkanes of at least 4 members (excludes halogenated alkanes) is 20. The van der Waals surface area contributed by atoms with E-state index in [1.807, 2.05) is 0 Å². The molecule has 0 spiro atoms. The van der Waals surface area contributed by atoms with Crippen molar-refractivity contribution in [1.29, 1.82) is 0 Å². The Hall–Kier alpha value is -0.830. The first-order valence-electron chi connectivity index (χ1n) is 13.3. The summed E-state index contributed by atoms with van der Waals surface area (Å²) in [5.41, 5.74) is 1.51. The van der Waals surface area contributed by atoms with E-state index in [0.717, 1.165) is 26.1 Å². The zero-order valence-electron chi connectivity index (χ0n) is 19.8. The molecule has 1 aliphatic heterocycles. The van der Waals surface area contributed by atoms with E-state index in [1.165, 1.54) is 128 Å². The minimum atomic E-state index is -0.652. The summed E-state index contributed by atoms with van der Waals surface area (Å²) in [6, 6.07) is 0. The lowest BCUT2D eigenvalue weighted by molar-refractivity contribution is -0.137. The van der Waals surface area contributed by atoms with E-state index in [0.29, 0.717) is 6.42 Å². The first-order valence-corrected chi connectivity index (χ1v) is 13.3. The third-order valence-electron chi connectivity index (χ3n) is 6.35. The molecular formula is C27H50O3. The smallest absolute Gasteiger partial charge is 0.303 e. The molecule has 1 aliphatic rings. The summed E-state index contributed by atoms with van der Waals surface area (Å²) in [6.07, 6.45) is 31.0. The molecule has 0 bridgehead atoms. The van der Waals surface area contributed by atoms with Gasteiger partial charge in [0, 0.05) is 6.42 Å². The number of hydrogen-bond acceptors (Lipinski definition) is 2. The van der Waals surface area contributed by atoms with Crippen LogP contribution in [-0.4, -0.2) is 24.3 Å². The molecule has 1 N–H and O–H groups in total. The second kappa shape index (κ2) is 21.4. The molecule has 1 saturated heterocycles. The fourth-order valence-corrected chi connectivity index (χ4v) is 4.25. The number of ether oxygens (including phenoxy) is 1. The van der Waals surface area contributed by atoms with Crippen LogP contribution in [0.4, 0.5) is 0 Å². The Balaban J connectivity index is 1.62. The second-order valence-corrected chi connectivity index (χ2v) is 9.36. The molecule has 1 heterocycles. The fraction of sp³-hybridized carbons (Fsp3) is 0.889. The molecule has 1 rings (SSSR count). The maximum Gasteiger partial charge on any atom is 0.303 e. The Labute approximate surface area is 187 Å². The molecule has 3 nitrogen and oxygen atoms in total. The molecule has 0 aromatic rings. The first kappa shape index (κ1) is 27.2. The quantitative estimate of drug-likeness (QED) is 0.132. The number of hydrogen-bond donors (Lipinski definition) is 1. The third-order valence-corrected chi connectivity index (χ3v) is 6.35. The highest BCUT2D eigenvalue weighted by Crippen LogP contribution is 2.16. The second-order valence-electron chi connectivity index (χ2n) is 9.36. The van der Waals surface area contributed by atoms with Gasteiger partial charge >= 0.3 is 5.97 Å². The van der Waals surface area contributed by atoms with Gasteiger partial charge < -0.3 is 9.84 Å². The van der Waals surface area contributed by atoms with Crippen LogP contribution in [0.3, 0.4) is 0 Å². The van der Waals surface area contributed by atoms with Crippen LogP contribution < -0.4 is 0 Å². The summed E-state index contributed by atoms with van der Waals surface area (Å²) < 4.78 is 5.16. The van der Waals surface area contributed by atoms with Crippen molar-refractivity contribution in [2.24, 2.45) is 0 Å². The fourth-order valence-electron chi connectivity index (χ4n) is 4.25. The molecule has 30 heavy (non-hydrogen) atoms. The summed E-state index contributed by atoms with van der Waals surface area (Å²) in [5.74, 6) is -0.652. The average Bonchev–Trinajstić information content (AvgIpc) is 2.69. The normalized spacial score (nSPS) is 13.4. The summed E-state index contributed by atoms with van der Waals surface area (Å²) in [6.45, 7) is 1.78. The van der Waals surface area contributed by atoms with Crippen molar-refractivity contribution in [3.8, 4) is 0 Å². The standard InChI is InChI=1S/C27H50O3/c28-27(29)23-21-19-17-15-13-11-9-7-5-3-1-2-4-6-8-10-12-14-16-18-20-22-26-24-30-25-26/h22H,1-21,23-25H2,(H,28,29). The molecule has 0 aliphatic carbocycles. The van der Waals surface area contributed by atoms with Crippen LogP contribution in [0, 0.1) is 0 Å². The van der Waals surface area contributed by atoms with Gasteiger partial charge in [0.05, 0.1) is 13.2 Å². The van der Waals surface area contributed by atoms with E-state index in [9.17, 15) is 4.79 Å². The summed E-state index contributed by atoms with van der Waals surface area (Å²) >= 11 is 0. The maximum atomic E-state index is 10.4. The van der Waals surface area contributed by atoms with Crippen molar-refractivity contribution in [2.75, 3.05) is 13.2 Å². The Morgan fingerprint density at radius 2 is 0.933 bits per heavy atom. The number of allylic oxidation sites excluding steroid dienone is 1. The number of carboxylic acids is 1. The van der Waals surface area contributed by atoms with Gasteiger partial charge in [0.1, 0.15) is 0 Å². The van der Waals surface area contributed by atoms with Crippen molar-refractivity contribution < 1.29 is 14.6 Å². The molecule has 1 fully saturated rings. The van der Waals surface area contributed by atoms with Gasteiger partial charge in [-0.2, -0.15) is 0 Å². The van der Waals surface area contributed by atoms with Gasteiger partial charge in [-0.1, -0.05) is 122 Å². The van der Waals surface area contributed by atoms with E-state index in [1.54, 1.807) is 0 Å². The van der Waals surface area contributed by atoms with Crippen molar-refractivity contribution in [3.63, 3.8) is 0 Å². The van der Waals surface area contributed by atoms with Crippen LogP contribution in [0.2, 0.25) is 0 Å². The Morgan fingerprint density at radius 3 is 1.23 bits per heavy atom. The molecule has 0 aromatic heterocycles. The SMILES string of the molecule is O=C(O)CCCCCCCCCCCCCCCCCCCCCCC=C1COC1. The van der Waals surface area contributed by atoms with Crippen LogP contribution in [0.1, 0.15) is 141 Å². The monoisotopic (exact) mass is 422 g/mol. The van der Waals surface area contributed by atoms with Gasteiger partial charge in [0.25, 0.3) is 0 Å². The molecule has 0 unspecified atom stereocenters. The van der Waals surface area contributed by atoms with Crippen molar-refractivity contribution in [2.45, 2.75) is 141 Å². The lowest BCUT2D eigenvalue weighted by Crippen LogP contribution is -2.15. The number of aliphatic carboxylic acids is 1. The van der Waals surface area contributed by atoms with Crippen LogP contribution >= 0.6 is 0 Å². The van der Waals surface area contributed by atoms with Crippen molar-refractivity contribution in [3.05, 3.63) is 11.6 Å². The summed E-state index contributed by atoms with van der Waals surface area (Å²) in [5, 5.41) is 8.59. The molecule has 0 aromatic carbocycles. The molecule has 0 radical (unpaired) electrons. The van der Waals surface area contributed by atoms with E-state index < -0.39 is 5.97 Å². The molecule has 0 amide bonds. The summed E-state index contributed by atoms with van der Waals surface area (Å²) in [4.78, 5) is 10.4. The maximum absolute atomic E-state index is 10.4. The van der Waals surface area contributed by atoms with Crippen molar-refractivity contribution in [1.82, 2.24) is 0 Å². The van der Waals surface area contributed by atoms with Crippen LogP contribution in [0.15, 0.2) is 11.6 Å². The van der Waals surface area contributed by atoms with Gasteiger partial charge in [0.15, 0.2) is 0 Å². The molecule has 3 heteroatoms. The highest BCUT2D eigenvalue weighted by Gasteiger charge is 2.06. The predicted octanol–water partition coefficient (Wildman–Crippen LogP) is 8.61. The Bertz CT molecular complexity index is 410. The minimum absolute atomic E-state index is 0.343.